The van der Waals surface area contributed by atoms with E-state index < -0.39 is 0 Å². The van der Waals surface area contributed by atoms with E-state index in [2.05, 4.69) is 49.5 Å². The Morgan fingerprint density at radius 2 is 1.95 bits per heavy atom. The van der Waals surface area contributed by atoms with Crippen LogP contribution in [-0.2, 0) is 4.79 Å². The average Bonchev–Trinajstić information content (AvgIpc) is 2.38. The number of carbonyl (C=O) groups excluding carboxylic acids is 1. The third kappa shape index (κ3) is 6.17. The summed E-state index contributed by atoms with van der Waals surface area (Å²) in [6.07, 6.45) is 1.04. The van der Waals surface area contributed by atoms with Crippen molar-refractivity contribution in [3.05, 3.63) is 29.8 Å². The number of anilines is 1. The first kappa shape index (κ1) is 16.7. The predicted molar refractivity (Wildman–Crippen MR) is 85.2 cm³/mol. The molecule has 0 saturated carbocycles. The van der Waals surface area contributed by atoms with Crippen LogP contribution in [0.5, 0.6) is 0 Å². The van der Waals surface area contributed by atoms with Crippen LogP contribution < -0.4 is 10.6 Å². The molecule has 112 valence electrons. The standard InChI is InChI=1S/C16H27N3O/c1-13(2)14-8-5-6-9-15(14)18-16(20)12-17-10-7-11-19(3)4/h5-6,8-9,13,17H,7,10-12H2,1-4H3,(H,18,20). The second kappa shape index (κ2) is 8.72. The van der Waals surface area contributed by atoms with Crippen molar-refractivity contribution in [1.82, 2.24) is 10.2 Å². The largest absolute Gasteiger partial charge is 0.325 e. The molecule has 0 spiro atoms. The molecule has 20 heavy (non-hydrogen) atoms. The van der Waals surface area contributed by atoms with E-state index in [-0.39, 0.29) is 5.91 Å². The quantitative estimate of drug-likeness (QED) is 0.717. The average molecular weight is 277 g/mol. The van der Waals surface area contributed by atoms with Crippen LogP contribution in [0.2, 0.25) is 0 Å². The molecule has 4 heteroatoms. The Balaban J connectivity index is 2.36. The van der Waals surface area contributed by atoms with Crippen molar-refractivity contribution in [3.63, 3.8) is 0 Å². The fourth-order valence-corrected chi connectivity index (χ4v) is 2.03. The molecule has 4 nitrogen and oxygen atoms in total. The second-order valence-electron chi connectivity index (χ2n) is 5.62. The number of amides is 1. The number of nitrogens with one attached hydrogen (secondary N) is 2. The Bertz CT molecular complexity index is 416. The zero-order valence-electron chi connectivity index (χ0n) is 13.1. The highest BCUT2D eigenvalue weighted by atomic mass is 16.1. The molecule has 0 saturated heterocycles. The van der Waals surface area contributed by atoms with E-state index >= 15 is 0 Å². The van der Waals surface area contributed by atoms with Crippen molar-refractivity contribution < 1.29 is 4.79 Å². The summed E-state index contributed by atoms with van der Waals surface area (Å²) in [5, 5.41) is 6.15. The lowest BCUT2D eigenvalue weighted by Gasteiger charge is -2.14. The van der Waals surface area contributed by atoms with Crippen molar-refractivity contribution in [2.24, 2.45) is 0 Å². The van der Waals surface area contributed by atoms with Gasteiger partial charge in [-0.15, -0.1) is 0 Å². The summed E-state index contributed by atoms with van der Waals surface area (Å²) in [5.41, 5.74) is 2.09. The van der Waals surface area contributed by atoms with Crippen LogP contribution in [0, 0.1) is 0 Å². The maximum absolute atomic E-state index is 11.9. The molecule has 0 bridgehead atoms. The Kier molecular flexibility index (Phi) is 7.26. The maximum Gasteiger partial charge on any atom is 0.238 e. The normalized spacial score (nSPS) is 11.1. The lowest BCUT2D eigenvalue weighted by atomic mass is 10.0. The fourth-order valence-electron chi connectivity index (χ4n) is 2.03. The summed E-state index contributed by atoms with van der Waals surface area (Å²) in [6, 6.07) is 7.97. The minimum absolute atomic E-state index is 0.0166. The van der Waals surface area contributed by atoms with Gasteiger partial charge in [0.15, 0.2) is 0 Å². The first-order valence-electron chi connectivity index (χ1n) is 7.25. The molecule has 1 aromatic rings. The van der Waals surface area contributed by atoms with Crippen molar-refractivity contribution in [2.75, 3.05) is 39.0 Å². The molecule has 0 heterocycles. The van der Waals surface area contributed by atoms with Crippen molar-refractivity contribution in [3.8, 4) is 0 Å². The Hall–Kier alpha value is -1.39. The van der Waals surface area contributed by atoms with E-state index in [1.54, 1.807) is 0 Å². The lowest BCUT2D eigenvalue weighted by molar-refractivity contribution is -0.115. The van der Waals surface area contributed by atoms with E-state index in [9.17, 15) is 4.79 Å². The van der Waals surface area contributed by atoms with Crippen LogP contribution in [0.1, 0.15) is 31.7 Å². The van der Waals surface area contributed by atoms with E-state index in [0.29, 0.717) is 12.5 Å². The topological polar surface area (TPSA) is 44.4 Å². The van der Waals surface area contributed by atoms with Gasteiger partial charge in [0.05, 0.1) is 6.54 Å². The number of hydrogen-bond acceptors (Lipinski definition) is 3. The van der Waals surface area contributed by atoms with Gasteiger partial charge in [-0.25, -0.2) is 0 Å². The van der Waals surface area contributed by atoms with Crippen molar-refractivity contribution >= 4 is 11.6 Å². The van der Waals surface area contributed by atoms with Gasteiger partial charge in [0.2, 0.25) is 5.91 Å². The van der Waals surface area contributed by atoms with Crippen molar-refractivity contribution in [2.45, 2.75) is 26.2 Å². The maximum atomic E-state index is 11.9. The Morgan fingerprint density at radius 1 is 1.25 bits per heavy atom. The van der Waals surface area contributed by atoms with Gasteiger partial charge >= 0.3 is 0 Å². The highest BCUT2D eigenvalue weighted by molar-refractivity contribution is 5.93. The van der Waals surface area contributed by atoms with E-state index in [1.165, 1.54) is 5.56 Å². The van der Waals surface area contributed by atoms with Gasteiger partial charge < -0.3 is 15.5 Å². The molecule has 0 aliphatic rings. The third-order valence-corrected chi connectivity index (χ3v) is 3.10. The summed E-state index contributed by atoms with van der Waals surface area (Å²) in [4.78, 5) is 14.0. The monoisotopic (exact) mass is 277 g/mol. The van der Waals surface area contributed by atoms with Gasteiger partial charge in [0.1, 0.15) is 0 Å². The van der Waals surface area contributed by atoms with Crippen LogP contribution in [0.3, 0.4) is 0 Å². The van der Waals surface area contributed by atoms with Crippen LogP contribution in [0.4, 0.5) is 5.69 Å². The lowest BCUT2D eigenvalue weighted by Crippen LogP contribution is -2.30. The molecule has 0 radical (unpaired) electrons. The molecule has 1 aromatic carbocycles. The summed E-state index contributed by atoms with van der Waals surface area (Å²) >= 11 is 0. The number of benzene rings is 1. The fraction of sp³-hybridized carbons (Fsp3) is 0.562. The molecule has 1 rings (SSSR count). The minimum atomic E-state index is 0.0166. The zero-order valence-corrected chi connectivity index (χ0v) is 13.1. The third-order valence-electron chi connectivity index (χ3n) is 3.10. The molecule has 0 aliphatic heterocycles. The van der Waals surface area contributed by atoms with Gasteiger partial charge in [-0.05, 0) is 51.2 Å². The SMILES string of the molecule is CC(C)c1ccccc1NC(=O)CNCCCN(C)C. The highest BCUT2D eigenvalue weighted by Gasteiger charge is 2.08. The van der Waals surface area contributed by atoms with Crippen molar-refractivity contribution in [1.29, 1.82) is 0 Å². The minimum Gasteiger partial charge on any atom is -0.325 e. The van der Waals surface area contributed by atoms with E-state index in [0.717, 1.165) is 25.2 Å². The number of para-hydroxylation sites is 1. The number of rotatable bonds is 8. The van der Waals surface area contributed by atoms with Crippen LogP contribution in [0.15, 0.2) is 24.3 Å². The van der Waals surface area contributed by atoms with Crippen LogP contribution in [0.25, 0.3) is 0 Å². The molecule has 2 N–H and O–H groups in total. The summed E-state index contributed by atoms with van der Waals surface area (Å²) < 4.78 is 0. The molecule has 1 amide bonds. The number of nitrogens with zero attached hydrogens (tertiary/aromatic N) is 1. The first-order chi connectivity index (χ1) is 9.50. The second-order valence-corrected chi connectivity index (χ2v) is 5.62. The number of hydrogen-bond donors (Lipinski definition) is 2. The van der Waals surface area contributed by atoms with E-state index in [1.807, 2.05) is 18.2 Å². The summed E-state index contributed by atoms with van der Waals surface area (Å²) in [6.45, 7) is 6.51. The summed E-state index contributed by atoms with van der Waals surface area (Å²) in [5.74, 6) is 0.419. The molecule has 0 atom stereocenters. The molecular formula is C16H27N3O. The predicted octanol–water partition coefficient (Wildman–Crippen LogP) is 2.29. The Labute approximate surface area is 122 Å². The van der Waals surface area contributed by atoms with Crippen LogP contribution in [-0.4, -0.2) is 44.5 Å². The molecule has 0 aromatic heterocycles. The van der Waals surface area contributed by atoms with E-state index in [4.69, 9.17) is 0 Å². The molecule has 0 unspecified atom stereocenters. The molecule has 0 aliphatic carbocycles. The summed E-state index contributed by atoms with van der Waals surface area (Å²) in [7, 11) is 4.10. The molecular weight excluding hydrogens is 250 g/mol. The zero-order chi connectivity index (χ0) is 15.0. The molecule has 0 fully saturated rings. The smallest absolute Gasteiger partial charge is 0.238 e. The van der Waals surface area contributed by atoms with Gasteiger partial charge in [-0.3, -0.25) is 4.79 Å². The Morgan fingerprint density at radius 3 is 2.60 bits per heavy atom. The van der Waals surface area contributed by atoms with Gasteiger partial charge in [0.25, 0.3) is 0 Å². The number of carbonyl (C=O) groups is 1. The highest BCUT2D eigenvalue weighted by Crippen LogP contribution is 2.23. The van der Waals surface area contributed by atoms with Gasteiger partial charge in [-0.2, -0.15) is 0 Å². The van der Waals surface area contributed by atoms with Gasteiger partial charge in [-0.1, -0.05) is 32.0 Å². The first-order valence-corrected chi connectivity index (χ1v) is 7.25. The van der Waals surface area contributed by atoms with Gasteiger partial charge in [0, 0.05) is 5.69 Å². The van der Waals surface area contributed by atoms with Crippen LogP contribution >= 0.6 is 0 Å².